The fourth-order valence-corrected chi connectivity index (χ4v) is 3.45. The van der Waals surface area contributed by atoms with Crippen molar-refractivity contribution < 1.29 is 17.9 Å². The molecule has 0 unspecified atom stereocenters. The molecule has 24 heavy (non-hydrogen) atoms. The second-order valence-corrected chi connectivity index (χ2v) is 7.81. The number of carbonyl (C=O) groups is 1. The van der Waals surface area contributed by atoms with E-state index in [1.165, 1.54) is 24.1 Å². The minimum Gasteiger partial charge on any atom is -0.496 e. The second-order valence-electron chi connectivity index (χ2n) is 5.39. The van der Waals surface area contributed by atoms with Crippen LogP contribution in [0.15, 0.2) is 47.4 Å². The van der Waals surface area contributed by atoms with Gasteiger partial charge in [0.2, 0.25) is 0 Å². The summed E-state index contributed by atoms with van der Waals surface area (Å²) in [5.74, 6) is 0.216. The molecule has 128 valence electrons. The number of hydrogen-bond acceptors (Lipinski definition) is 4. The van der Waals surface area contributed by atoms with E-state index in [9.17, 15) is 13.2 Å². The highest BCUT2D eigenvalue weighted by molar-refractivity contribution is 7.90. The lowest BCUT2D eigenvalue weighted by atomic mass is 10.1. The molecule has 0 saturated carbocycles. The van der Waals surface area contributed by atoms with E-state index >= 15 is 0 Å². The number of methoxy groups -OCH3 is 1. The maximum absolute atomic E-state index is 12.7. The highest BCUT2D eigenvalue weighted by Gasteiger charge is 2.21. The van der Waals surface area contributed by atoms with Crippen LogP contribution in [-0.2, 0) is 16.4 Å². The van der Waals surface area contributed by atoms with Gasteiger partial charge >= 0.3 is 0 Å². The Morgan fingerprint density at radius 1 is 1.21 bits per heavy atom. The fourth-order valence-electron chi connectivity index (χ4n) is 2.37. The number of sulfone groups is 1. The Bertz CT molecular complexity index is 865. The smallest absolute Gasteiger partial charge is 0.255 e. The van der Waals surface area contributed by atoms with Gasteiger partial charge in [0.1, 0.15) is 5.75 Å². The lowest BCUT2D eigenvalue weighted by Gasteiger charge is -2.20. The van der Waals surface area contributed by atoms with Crippen LogP contribution in [0.1, 0.15) is 15.9 Å². The number of benzene rings is 2. The van der Waals surface area contributed by atoms with Gasteiger partial charge in [0.25, 0.3) is 5.91 Å². The number of ether oxygens (including phenoxy) is 1. The number of amides is 1. The first kappa shape index (κ1) is 18.3. The molecule has 7 heteroatoms. The van der Waals surface area contributed by atoms with E-state index in [0.29, 0.717) is 10.8 Å². The number of carbonyl (C=O) groups excluding carboxylic acids is 1. The first-order chi connectivity index (χ1) is 11.2. The molecule has 0 aliphatic heterocycles. The normalized spacial score (nSPS) is 11.2. The molecule has 0 aromatic heterocycles. The Labute approximate surface area is 146 Å². The predicted octanol–water partition coefficient (Wildman–Crippen LogP) is 3.02. The van der Waals surface area contributed by atoms with Crippen molar-refractivity contribution in [2.24, 2.45) is 0 Å². The van der Waals surface area contributed by atoms with E-state index < -0.39 is 15.7 Å². The van der Waals surface area contributed by atoms with Gasteiger partial charge < -0.3 is 9.64 Å². The molecule has 2 aromatic rings. The minimum absolute atomic E-state index is 0.0138. The molecule has 0 aliphatic carbocycles. The summed E-state index contributed by atoms with van der Waals surface area (Å²) >= 11 is 6.00. The number of rotatable bonds is 5. The Morgan fingerprint density at radius 3 is 2.50 bits per heavy atom. The van der Waals surface area contributed by atoms with Crippen LogP contribution >= 0.6 is 11.6 Å². The first-order valence-corrected chi connectivity index (χ1v) is 9.38. The average Bonchev–Trinajstić information content (AvgIpc) is 2.53. The summed E-state index contributed by atoms with van der Waals surface area (Å²) in [6, 6.07) is 11.3. The van der Waals surface area contributed by atoms with E-state index in [0.717, 1.165) is 11.8 Å². The SMILES string of the molecule is COc1ccc(Cl)cc1CN(C)C(=O)c1ccccc1S(C)(=O)=O. The molecule has 2 aromatic carbocycles. The van der Waals surface area contributed by atoms with Gasteiger partial charge in [0, 0.05) is 30.4 Å². The quantitative estimate of drug-likeness (QED) is 0.814. The maximum atomic E-state index is 12.7. The van der Waals surface area contributed by atoms with E-state index in [-0.39, 0.29) is 17.0 Å². The molecular weight excluding hydrogens is 350 g/mol. The molecular formula is C17H18ClNO4S. The van der Waals surface area contributed by atoms with Crippen LogP contribution in [0.5, 0.6) is 5.75 Å². The van der Waals surface area contributed by atoms with Gasteiger partial charge in [0.15, 0.2) is 9.84 Å². The Balaban J connectivity index is 2.34. The standard InChI is InChI=1S/C17H18ClNO4S/c1-19(11-12-10-13(18)8-9-15(12)23-2)17(20)14-6-4-5-7-16(14)24(3,21)22/h4-10H,11H2,1-3H3. The topological polar surface area (TPSA) is 63.7 Å². The minimum atomic E-state index is -3.50. The zero-order chi connectivity index (χ0) is 17.9. The van der Waals surface area contributed by atoms with Gasteiger partial charge in [-0.25, -0.2) is 8.42 Å². The molecule has 0 atom stereocenters. The van der Waals surface area contributed by atoms with Crippen LogP contribution in [0.4, 0.5) is 0 Å². The van der Waals surface area contributed by atoms with Crippen LogP contribution in [0.25, 0.3) is 0 Å². The number of hydrogen-bond donors (Lipinski definition) is 0. The van der Waals surface area contributed by atoms with Crippen LogP contribution in [0.2, 0.25) is 5.02 Å². The van der Waals surface area contributed by atoms with Crippen molar-refractivity contribution in [1.82, 2.24) is 4.90 Å². The summed E-state index contributed by atoms with van der Waals surface area (Å²) in [5.41, 5.74) is 0.876. The van der Waals surface area contributed by atoms with E-state index in [4.69, 9.17) is 16.3 Å². The number of nitrogens with zero attached hydrogens (tertiary/aromatic N) is 1. The molecule has 0 bridgehead atoms. The van der Waals surface area contributed by atoms with Gasteiger partial charge in [0.05, 0.1) is 17.6 Å². The van der Waals surface area contributed by atoms with Gasteiger partial charge in [-0.1, -0.05) is 23.7 Å². The predicted molar refractivity (Wildman–Crippen MR) is 93.4 cm³/mol. The molecule has 1 amide bonds. The van der Waals surface area contributed by atoms with Gasteiger partial charge in [-0.05, 0) is 30.3 Å². The Morgan fingerprint density at radius 2 is 1.88 bits per heavy atom. The Hall–Kier alpha value is -2.05. The van der Waals surface area contributed by atoms with Crippen LogP contribution in [0, 0.1) is 0 Å². The van der Waals surface area contributed by atoms with Crippen molar-refractivity contribution in [3.63, 3.8) is 0 Å². The highest BCUT2D eigenvalue weighted by atomic mass is 35.5. The fraction of sp³-hybridized carbons (Fsp3) is 0.235. The van der Waals surface area contributed by atoms with Crippen molar-refractivity contribution in [3.8, 4) is 5.75 Å². The molecule has 2 rings (SSSR count). The van der Waals surface area contributed by atoms with Crippen LogP contribution in [-0.4, -0.2) is 39.6 Å². The molecule has 0 N–H and O–H groups in total. The van der Waals surface area contributed by atoms with Crippen molar-refractivity contribution in [2.45, 2.75) is 11.4 Å². The lowest BCUT2D eigenvalue weighted by Crippen LogP contribution is -2.27. The van der Waals surface area contributed by atoms with Crippen molar-refractivity contribution in [2.75, 3.05) is 20.4 Å². The molecule has 0 heterocycles. The van der Waals surface area contributed by atoms with Gasteiger partial charge in [-0.15, -0.1) is 0 Å². The summed E-state index contributed by atoms with van der Waals surface area (Å²) in [7, 11) is -0.364. The first-order valence-electron chi connectivity index (χ1n) is 7.11. The average molecular weight is 368 g/mol. The van der Waals surface area contributed by atoms with Gasteiger partial charge in [-0.3, -0.25) is 4.79 Å². The zero-order valence-electron chi connectivity index (χ0n) is 13.6. The summed E-state index contributed by atoms with van der Waals surface area (Å²) in [6.07, 6.45) is 1.08. The number of halogens is 1. The van der Waals surface area contributed by atoms with Crippen LogP contribution < -0.4 is 4.74 Å². The third kappa shape index (κ3) is 4.07. The molecule has 5 nitrogen and oxygen atoms in total. The van der Waals surface area contributed by atoms with Crippen molar-refractivity contribution in [3.05, 3.63) is 58.6 Å². The summed E-state index contributed by atoms with van der Waals surface area (Å²) in [6.45, 7) is 0.237. The van der Waals surface area contributed by atoms with Crippen LogP contribution in [0.3, 0.4) is 0 Å². The van der Waals surface area contributed by atoms with E-state index in [1.807, 2.05) is 0 Å². The van der Waals surface area contributed by atoms with E-state index in [1.54, 1.807) is 37.4 Å². The lowest BCUT2D eigenvalue weighted by molar-refractivity contribution is 0.0780. The third-order valence-corrected chi connectivity index (χ3v) is 4.90. The molecule has 0 radical (unpaired) electrons. The molecule has 0 spiro atoms. The summed E-state index contributed by atoms with van der Waals surface area (Å²) in [4.78, 5) is 14.1. The third-order valence-electron chi connectivity index (χ3n) is 3.51. The monoisotopic (exact) mass is 367 g/mol. The summed E-state index contributed by atoms with van der Waals surface area (Å²) < 4.78 is 29.0. The van der Waals surface area contributed by atoms with Crippen molar-refractivity contribution >= 4 is 27.3 Å². The van der Waals surface area contributed by atoms with E-state index in [2.05, 4.69) is 0 Å². The van der Waals surface area contributed by atoms with Gasteiger partial charge in [-0.2, -0.15) is 0 Å². The molecule has 0 fully saturated rings. The molecule has 0 aliphatic rings. The molecule has 0 saturated heterocycles. The maximum Gasteiger partial charge on any atom is 0.255 e. The summed E-state index contributed by atoms with van der Waals surface area (Å²) in [5, 5.41) is 0.531. The zero-order valence-corrected chi connectivity index (χ0v) is 15.2. The second kappa shape index (κ2) is 7.23. The largest absolute Gasteiger partial charge is 0.496 e. The highest BCUT2D eigenvalue weighted by Crippen LogP contribution is 2.25. The van der Waals surface area contributed by atoms with Crippen molar-refractivity contribution in [1.29, 1.82) is 0 Å². The Kier molecular flexibility index (Phi) is 5.51.